The Morgan fingerprint density at radius 1 is 1.50 bits per heavy atom. The molecule has 0 aromatic carbocycles. The molecule has 0 bridgehead atoms. The highest BCUT2D eigenvalue weighted by Gasteiger charge is 2.35. The topological polar surface area (TPSA) is 29.5 Å². The maximum atomic E-state index is 10.4. The number of ether oxygens (including phenoxy) is 1. The van der Waals surface area contributed by atoms with Gasteiger partial charge in [0.15, 0.2) is 0 Å². The molecule has 2 unspecified atom stereocenters. The second-order valence-corrected chi connectivity index (χ2v) is 3.57. The molecule has 3 heteroatoms. The van der Waals surface area contributed by atoms with E-state index in [4.69, 9.17) is 4.74 Å². The number of hydrogen-bond donors (Lipinski definition) is 0. The van der Waals surface area contributed by atoms with E-state index in [2.05, 4.69) is 4.90 Å². The average molecular weight is 169 g/mol. The van der Waals surface area contributed by atoms with Gasteiger partial charge in [0.2, 0.25) is 0 Å². The number of fused-ring (bicyclic) bond motifs is 1. The van der Waals surface area contributed by atoms with E-state index in [1.54, 1.807) is 0 Å². The number of carbonyl (C=O) groups excluding carboxylic acids is 1. The molecule has 1 aliphatic carbocycles. The molecule has 1 aliphatic heterocycles. The summed E-state index contributed by atoms with van der Waals surface area (Å²) < 4.78 is 5.62. The second-order valence-electron chi connectivity index (χ2n) is 3.57. The van der Waals surface area contributed by atoms with Crippen LogP contribution in [0.5, 0.6) is 0 Å². The van der Waals surface area contributed by atoms with Gasteiger partial charge in [-0.15, -0.1) is 0 Å². The lowest BCUT2D eigenvalue weighted by molar-refractivity contribution is -0.113. The minimum atomic E-state index is 0.415. The van der Waals surface area contributed by atoms with Gasteiger partial charge in [0.25, 0.3) is 0 Å². The SMILES string of the molecule is O=CCN1CCOC2CCCC21. The number of nitrogens with zero attached hydrogens (tertiary/aromatic N) is 1. The molecule has 12 heavy (non-hydrogen) atoms. The van der Waals surface area contributed by atoms with Crippen molar-refractivity contribution in [3.05, 3.63) is 0 Å². The van der Waals surface area contributed by atoms with Gasteiger partial charge in [-0.2, -0.15) is 0 Å². The van der Waals surface area contributed by atoms with E-state index in [0.717, 1.165) is 19.4 Å². The van der Waals surface area contributed by atoms with Gasteiger partial charge in [0, 0.05) is 12.6 Å². The number of carbonyl (C=O) groups is 1. The maximum absolute atomic E-state index is 10.4. The van der Waals surface area contributed by atoms with Crippen LogP contribution in [0.15, 0.2) is 0 Å². The molecule has 1 heterocycles. The molecule has 0 radical (unpaired) electrons. The summed E-state index contributed by atoms with van der Waals surface area (Å²) in [4.78, 5) is 12.6. The predicted octanol–water partition coefficient (Wildman–Crippen LogP) is 0.439. The fourth-order valence-corrected chi connectivity index (χ4v) is 2.33. The van der Waals surface area contributed by atoms with Crippen LogP contribution < -0.4 is 0 Å². The summed E-state index contributed by atoms with van der Waals surface area (Å²) in [5.74, 6) is 0. The predicted molar refractivity (Wildman–Crippen MR) is 45.0 cm³/mol. The van der Waals surface area contributed by atoms with Crippen LogP contribution in [0.1, 0.15) is 19.3 Å². The molecule has 0 N–H and O–H groups in total. The van der Waals surface area contributed by atoms with Gasteiger partial charge in [-0.25, -0.2) is 0 Å². The van der Waals surface area contributed by atoms with Crippen LogP contribution in [0.2, 0.25) is 0 Å². The van der Waals surface area contributed by atoms with E-state index < -0.39 is 0 Å². The highest BCUT2D eigenvalue weighted by molar-refractivity contribution is 5.52. The van der Waals surface area contributed by atoms with Crippen molar-refractivity contribution in [2.45, 2.75) is 31.4 Å². The fraction of sp³-hybridized carbons (Fsp3) is 0.889. The third-order valence-corrected chi connectivity index (χ3v) is 2.91. The normalized spacial score (nSPS) is 36.3. The van der Waals surface area contributed by atoms with Gasteiger partial charge in [-0.1, -0.05) is 0 Å². The summed E-state index contributed by atoms with van der Waals surface area (Å²) in [5, 5.41) is 0. The van der Waals surface area contributed by atoms with Crippen molar-refractivity contribution in [2.75, 3.05) is 19.7 Å². The van der Waals surface area contributed by atoms with E-state index in [0.29, 0.717) is 18.7 Å². The minimum Gasteiger partial charge on any atom is -0.375 e. The zero-order chi connectivity index (χ0) is 8.39. The van der Waals surface area contributed by atoms with Gasteiger partial charge in [-0.3, -0.25) is 4.90 Å². The quantitative estimate of drug-likeness (QED) is 0.562. The summed E-state index contributed by atoms with van der Waals surface area (Å²) in [6, 6.07) is 0.531. The number of morpholine rings is 1. The van der Waals surface area contributed by atoms with Crippen molar-refractivity contribution in [2.24, 2.45) is 0 Å². The lowest BCUT2D eigenvalue weighted by Gasteiger charge is -2.36. The maximum Gasteiger partial charge on any atom is 0.133 e. The lowest BCUT2D eigenvalue weighted by Crippen LogP contribution is -2.48. The summed E-state index contributed by atoms with van der Waals surface area (Å²) in [5.41, 5.74) is 0. The first-order chi connectivity index (χ1) is 5.92. The first-order valence-electron chi connectivity index (χ1n) is 4.71. The molecule has 2 atom stereocenters. The van der Waals surface area contributed by atoms with Crippen molar-refractivity contribution in [3.8, 4) is 0 Å². The Morgan fingerprint density at radius 3 is 3.25 bits per heavy atom. The Balaban J connectivity index is 1.98. The molecule has 2 fully saturated rings. The van der Waals surface area contributed by atoms with Gasteiger partial charge in [-0.05, 0) is 19.3 Å². The third-order valence-electron chi connectivity index (χ3n) is 2.91. The van der Waals surface area contributed by atoms with Crippen LogP contribution in [-0.4, -0.2) is 43.0 Å². The summed E-state index contributed by atoms with van der Waals surface area (Å²) in [7, 11) is 0. The Kier molecular flexibility index (Phi) is 2.42. The van der Waals surface area contributed by atoms with Crippen molar-refractivity contribution in [1.29, 1.82) is 0 Å². The van der Waals surface area contributed by atoms with Crippen LogP contribution in [0, 0.1) is 0 Å². The molecule has 3 nitrogen and oxygen atoms in total. The molecule has 0 amide bonds. The first-order valence-corrected chi connectivity index (χ1v) is 4.71. The van der Waals surface area contributed by atoms with Gasteiger partial charge in [0.05, 0.1) is 19.3 Å². The van der Waals surface area contributed by atoms with Gasteiger partial charge in [0.1, 0.15) is 6.29 Å². The van der Waals surface area contributed by atoms with E-state index in [-0.39, 0.29) is 0 Å². The number of rotatable bonds is 2. The van der Waals surface area contributed by atoms with E-state index in [1.165, 1.54) is 19.3 Å². The van der Waals surface area contributed by atoms with Crippen LogP contribution in [-0.2, 0) is 9.53 Å². The molecule has 1 saturated carbocycles. The first kappa shape index (κ1) is 8.20. The monoisotopic (exact) mass is 169 g/mol. The Bertz CT molecular complexity index is 172. The van der Waals surface area contributed by atoms with Crippen molar-refractivity contribution < 1.29 is 9.53 Å². The van der Waals surface area contributed by atoms with E-state index in [9.17, 15) is 4.79 Å². The standard InChI is InChI=1S/C9H15NO2/c11-6-4-10-5-7-12-9-3-1-2-8(9)10/h6,8-9H,1-5,7H2. The average Bonchev–Trinajstić information content (AvgIpc) is 2.53. The molecule has 0 spiro atoms. The highest BCUT2D eigenvalue weighted by Crippen LogP contribution is 2.28. The molecule has 0 aromatic heterocycles. The summed E-state index contributed by atoms with van der Waals surface area (Å²) in [6.07, 6.45) is 5.06. The fourth-order valence-electron chi connectivity index (χ4n) is 2.33. The van der Waals surface area contributed by atoms with Crippen LogP contribution in [0.3, 0.4) is 0 Å². The number of hydrogen-bond acceptors (Lipinski definition) is 3. The molecule has 2 rings (SSSR count). The van der Waals surface area contributed by atoms with Crippen molar-refractivity contribution in [3.63, 3.8) is 0 Å². The van der Waals surface area contributed by atoms with E-state index >= 15 is 0 Å². The zero-order valence-corrected chi connectivity index (χ0v) is 7.24. The summed E-state index contributed by atoms with van der Waals surface area (Å²) in [6.45, 7) is 2.32. The van der Waals surface area contributed by atoms with Crippen molar-refractivity contribution in [1.82, 2.24) is 4.90 Å². The Labute approximate surface area is 72.7 Å². The van der Waals surface area contributed by atoms with E-state index in [1.807, 2.05) is 0 Å². The largest absolute Gasteiger partial charge is 0.375 e. The minimum absolute atomic E-state index is 0.415. The summed E-state index contributed by atoms with van der Waals surface area (Å²) >= 11 is 0. The molecular weight excluding hydrogens is 154 g/mol. The van der Waals surface area contributed by atoms with Crippen LogP contribution in [0.4, 0.5) is 0 Å². The van der Waals surface area contributed by atoms with Crippen molar-refractivity contribution >= 4 is 6.29 Å². The van der Waals surface area contributed by atoms with Crippen LogP contribution >= 0.6 is 0 Å². The Morgan fingerprint density at radius 2 is 2.42 bits per heavy atom. The molecule has 68 valence electrons. The smallest absolute Gasteiger partial charge is 0.133 e. The molecular formula is C9H15NO2. The number of aldehydes is 1. The Hall–Kier alpha value is -0.410. The third kappa shape index (κ3) is 1.39. The van der Waals surface area contributed by atoms with Gasteiger partial charge >= 0.3 is 0 Å². The van der Waals surface area contributed by atoms with Crippen LogP contribution in [0.25, 0.3) is 0 Å². The molecule has 1 saturated heterocycles. The zero-order valence-electron chi connectivity index (χ0n) is 7.24. The second kappa shape index (κ2) is 3.54. The van der Waals surface area contributed by atoms with Gasteiger partial charge < -0.3 is 9.53 Å². The highest BCUT2D eigenvalue weighted by atomic mass is 16.5. The lowest BCUT2D eigenvalue weighted by atomic mass is 10.1. The molecule has 2 aliphatic rings. The molecule has 0 aromatic rings.